The topological polar surface area (TPSA) is 73.1 Å². The smallest absolute Gasteiger partial charge is 0.203 e. The van der Waals surface area contributed by atoms with Crippen LogP contribution in [0.2, 0.25) is 0 Å². The normalized spacial score (nSPS) is 11.9. The van der Waals surface area contributed by atoms with Crippen molar-refractivity contribution in [3.63, 3.8) is 0 Å². The Balaban J connectivity index is 2.22. The summed E-state index contributed by atoms with van der Waals surface area (Å²) in [6.45, 7) is 2.05. The van der Waals surface area contributed by atoms with Crippen molar-refractivity contribution in [2.24, 2.45) is 0 Å². The molecule has 1 aromatic carbocycles. The molecule has 3 N–H and O–H groups in total. The molecule has 1 atom stereocenters. The Bertz CT molecular complexity index is 516. The van der Waals surface area contributed by atoms with Crippen molar-refractivity contribution >= 4 is 11.6 Å². The largest absolute Gasteiger partial charge is 0.490 e. The van der Waals surface area contributed by atoms with E-state index in [4.69, 9.17) is 10.5 Å². The summed E-state index contributed by atoms with van der Waals surface area (Å²) >= 11 is 0. The third-order valence-electron chi connectivity index (χ3n) is 2.69. The lowest BCUT2D eigenvalue weighted by Crippen LogP contribution is -2.10. The quantitative estimate of drug-likeness (QED) is 0.862. The predicted molar refractivity (Wildman–Crippen MR) is 71.5 cm³/mol. The van der Waals surface area contributed by atoms with Crippen molar-refractivity contribution in [2.75, 3.05) is 18.2 Å². The minimum absolute atomic E-state index is 0.106. The highest BCUT2D eigenvalue weighted by Crippen LogP contribution is 2.29. The molecule has 1 aromatic heterocycles. The molecule has 1 heterocycles. The number of rotatable bonds is 4. The molecule has 2 rings (SSSR count). The van der Waals surface area contributed by atoms with Crippen molar-refractivity contribution in [3.05, 3.63) is 42.2 Å². The summed E-state index contributed by atoms with van der Waals surface area (Å²) in [5.74, 6) is 1.40. The second-order valence-electron chi connectivity index (χ2n) is 3.92. The molecule has 0 radical (unpaired) electrons. The molecular formula is C13H16N4O. The summed E-state index contributed by atoms with van der Waals surface area (Å²) in [5.41, 5.74) is 6.89. The van der Waals surface area contributed by atoms with Crippen molar-refractivity contribution in [1.29, 1.82) is 0 Å². The van der Waals surface area contributed by atoms with E-state index in [1.54, 1.807) is 7.11 Å². The van der Waals surface area contributed by atoms with Crippen LogP contribution in [0.5, 0.6) is 5.75 Å². The van der Waals surface area contributed by atoms with E-state index in [2.05, 4.69) is 27.4 Å². The predicted octanol–water partition coefficient (Wildman–Crippen LogP) is 2.24. The van der Waals surface area contributed by atoms with Crippen molar-refractivity contribution in [2.45, 2.75) is 13.0 Å². The van der Waals surface area contributed by atoms with Gasteiger partial charge in [0, 0.05) is 0 Å². The van der Waals surface area contributed by atoms with Crippen LogP contribution in [0.3, 0.4) is 0 Å². The summed E-state index contributed by atoms with van der Waals surface area (Å²) in [4.78, 5) is 8.04. The van der Waals surface area contributed by atoms with Gasteiger partial charge in [-0.2, -0.15) is 0 Å². The van der Waals surface area contributed by atoms with E-state index in [1.807, 2.05) is 25.1 Å². The van der Waals surface area contributed by atoms with Gasteiger partial charge in [0.1, 0.15) is 6.33 Å². The fourth-order valence-corrected chi connectivity index (χ4v) is 1.72. The zero-order valence-corrected chi connectivity index (χ0v) is 10.4. The number of ether oxygens (including phenoxy) is 1. The molecule has 0 fully saturated rings. The number of anilines is 2. The van der Waals surface area contributed by atoms with Crippen LogP contribution < -0.4 is 15.8 Å². The van der Waals surface area contributed by atoms with E-state index < -0.39 is 0 Å². The number of nitrogen functional groups attached to an aromatic ring is 1. The van der Waals surface area contributed by atoms with E-state index in [-0.39, 0.29) is 6.04 Å². The highest BCUT2D eigenvalue weighted by Gasteiger charge is 2.12. The number of methoxy groups -OCH3 is 1. The second kappa shape index (κ2) is 5.35. The van der Waals surface area contributed by atoms with Gasteiger partial charge >= 0.3 is 0 Å². The Labute approximate surface area is 106 Å². The Kier molecular flexibility index (Phi) is 3.62. The maximum atomic E-state index is 5.73. The number of nitrogens with one attached hydrogen (secondary N) is 1. The maximum absolute atomic E-state index is 5.73. The van der Waals surface area contributed by atoms with Gasteiger partial charge in [0.05, 0.1) is 13.2 Å². The molecule has 5 nitrogen and oxygen atoms in total. The summed E-state index contributed by atoms with van der Waals surface area (Å²) in [7, 11) is 1.55. The molecule has 0 amide bonds. The number of nitrogens with two attached hydrogens (primary N) is 1. The molecule has 5 heteroatoms. The number of aromatic nitrogens is 2. The fourth-order valence-electron chi connectivity index (χ4n) is 1.72. The Morgan fingerprint density at radius 2 is 1.94 bits per heavy atom. The minimum Gasteiger partial charge on any atom is -0.490 e. The lowest BCUT2D eigenvalue weighted by molar-refractivity contribution is 0.415. The van der Waals surface area contributed by atoms with Crippen LogP contribution >= 0.6 is 0 Å². The summed E-state index contributed by atoms with van der Waals surface area (Å²) < 4.78 is 5.20. The maximum Gasteiger partial charge on any atom is 0.203 e. The monoisotopic (exact) mass is 244 g/mol. The Morgan fingerprint density at radius 1 is 1.22 bits per heavy atom. The third-order valence-corrected chi connectivity index (χ3v) is 2.69. The van der Waals surface area contributed by atoms with Crippen molar-refractivity contribution < 1.29 is 4.74 Å². The molecule has 2 aromatic rings. The van der Waals surface area contributed by atoms with Gasteiger partial charge in [-0.3, -0.25) is 0 Å². The number of hydrogen-bond acceptors (Lipinski definition) is 5. The third kappa shape index (κ3) is 2.51. The van der Waals surface area contributed by atoms with Crippen molar-refractivity contribution in [3.8, 4) is 5.75 Å². The SMILES string of the molecule is COc1c(N)ncnc1NC(C)c1ccccc1. The van der Waals surface area contributed by atoms with Crippen LogP contribution in [0.4, 0.5) is 11.6 Å². The molecule has 94 valence electrons. The van der Waals surface area contributed by atoms with Crippen LogP contribution in [-0.4, -0.2) is 17.1 Å². The van der Waals surface area contributed by atoms with Gasteiger partial charge in [-0.05, 0) is 12.5 Å². The first-order valence-corrected chi connectivity index (χ1v) is 5.68. The van der Waals surface area contributed by atoms with Crippen LogP contribution in [0.15, 0.2) is 36.7 Å². The average Bonchev–Trinajstić information content (AvgIpc) is 2.40. The van der Waals surface area contributed by atoms with Gasteiger partial charge in [0.25, 0.3) is 0 Å². The molecule has 18 heavy (non-hydrogen) atoms. The minimum atomic E-state index is 0.106. The van der Waals surface area contributed by atoms with Crippen molar-refractivity contribution in [1.82, 2.24) is 9.97 Å². The molecule has 0 spiro atoms. The lowest BCUT2D eigenvalue weighted by atomic mass is 10.1. The molecule has 0 aliphatic carbocycles. The van der Waals surface area contributed by atoms with Gasteiger partial charge < -0.3 is 15.8 Å². The molecule has 0 aliphatic heterocycles. The number of nitrogens with zero attached hydrogens (tertiary/aromatic N) is 2. The standard InChI is InChI=1S/C13H16N4O/c1-9(10-6-4-3-5-7-10)17-13-11(18-2)12(14)15-8-16-13/h3-9H,1-2H3,(H3,14,15,16,17). The zero-order valence-electron chi connectivity index (χ0n) is 10.4. The van der Waals surface area contributed by atoms with Gasteiger partial charge in [0.15, 0.2) is 11.6 Å². The summed E-state index contributed by atoms with van der Waals surface area (Å²) in [5, 5.41) is 3.26. The molecule has 1 unspecified atom stereocenters. The first kappa shape index (κ1) is 12.2. The molecular weight excluding hydrogens is 228 g/mol. The van der Waals surface area contributed by atoms with E-state index in [0.717, 1.165) is 5.56 Å². The molecule has 0 aliphatic rings. The highest BCUT2D eigenvalue weighted by molar-refractivity contribution is 5.61. The van der Waals surface area contributed by atoms with Gasteiger partial charge in [-0.25, -0.2) is 9.97 Å². The Hall–Kier alpha value is -2.30. The highest BCUT2D eigenvalue weighted by atomic mass is 16.5. The fraction of sp³-hybridized carbons (Fsp3) is 0.231. The van der Waals surface area contributed by atoms with Crippen LogP contribution in [0, 0.1) is 0 Å². The molecule has 0 saturated heterocycles. The van der Waals surface area contributed by atoms with Gasteiger partial charge in [0.2, 0.25) is 5.75 Å². The Morgan fingerprint density at radius 3 is 2.61 bits per heavy atom. The number of hydrogen-bond donors (Lipinski definition) is 2. The molecule has 0 saturated carbocycles. The second-order valence-corrected chi connectivity index (χ2v) is 3.92. The van der Waals surface area contributed by atoms with Crippen LogP contribution in [0.1, 0.15) is 18.5 Å². The number of benzene rings is 1. The lowest BCUT2D eigenvalue weighted by Gasteiger charge is -2.17. The average molecular weight is 244 g/mol. The van der Waals surface area contributed by atoms with E-state index in [0.29, 0.717) is 17.4 Å². The molecule has 0 bridgehead atoms. The van der Waals surface area contributed by atoms with E-state index in [9.17, 15) is 0 Å². The van der Waals surface area contributed by atoms with Crippen LogP contribution in [0.25, 0.3) is 0 Å². The van der Waals surface area contributed by atoms with E-state index >= 15 is 0 Å². The summed E-state index contributed by atoms with van der Waals surface area (Å²) in [6, 6.07) is 10.2. The first-order chi connectivity index (χ1) is 8.72. The van der Waals surface area contributed by atoms with Gasteiger partial charge in [-0.15, -0.1) is 0 Å². The summed E-state index contributed by atoms with van der Waals surface area (Å²) in [6.07, 6.45) is 1.41. The van der Waals surface area contributed by atoms with Gasteiger partial charge in [-0.1, -0.05) is 30.3 Å². The first-order valence-electron chi connectivity index (χ1n) is 5.68. The van der Waals surface area contributed by atoms with E-state index in [1.165, 1.54) is 6.33 Å². The van der Waals surface area contributed by atoms with Crippen LogP contribution in [-0.2, 0) is 0 Å². The zero-order chi connectivity index (χ0) is 13.0.